The minimum atomic E-state index is 0.233. The summed E-state index contributed by atoms with van der Waals surface area (Å²) in [5, 5.41) is 0. The zero-order chi connectivity index (χ0) is 23.6. The normalized spacial score (nSPS) is 31.9. The molecule has 0 bridgehead atoms. The zero-order valence-electron chi connectivity index (χ0n) is 21.4. The highest BCUT2D eigenvalue weighted by Crippen LogP contribution is 2.32. The van der Waals surface area contributed by atoms with Gasteiger partial charge in [0.15, 0.2) is 0 Å². The number of ether oxygens (including phenoxy) is 2. The van der Waals surface area contributed by atoms with Crippen molar-refractivity contribution in [3.05, 3.63) is 0 Å². The maximum Gasteiger partial charge on any atom is 0.137 e. The number of carbonyl (C=O) groups is 2. The molecular formula is C28H48N2O4. The first-order valence-electron chi connectivity index (χ1n) is 14.4. The fourth-order valence-electron chi connectivity index (χ4n) is 6.99. The Bertz CT molecular complexity index is 576. The molecule has 4 atom stereocenters. The molecule has 0 radical (unpaired) electrons. The maximum atomic E-state index is 13.1. The summed E-state index contributed by atoms with van der Waals surface area (Å²) in [6.07, 6.45) is 15.0. The van der Waals surface area contributed by atoms with E-state index >= 15 is 0 Å². The van der Waals surface area contributed by atoms with Gasteiger partial charge in [-0.2, -0.15) is 0 Å². The Balaban J connectivity index is 1.13. The topological polar surface area (TPSA) is 59.1 Å². The predicted octanol–water partition coefficient (Wildman–Crippen LogP) is 4.25. The molecule has 0 amide bonds. The lowest BCUT2D eigenvalue weighted by molar-refractivity contribution is -0.128. The third kappa shape index (κ3) is 7.35. The smallest absolute Gasteiger partial charge is 0.137 e. The van der Waals surface area contributed by atoms with Crippen molar-refractivity contribution in [3.8, 4) is 0 Å². The fraction of sp³-hybridized carbons (Fsp3) is 0.929. The van der Waals surface area contributed by atoms with E-state index in [-0.39, 0.29) is 11.8 Å². The summed E-state index contributed by atoms with van der Waals surface area (Å²) >= 11 is 0. The van der Waals surface area contributed by atoms with Crippen LogP contribution in [0.2, 0.25) is 0 Å². The van der Waals surface area contributed by atoms with Crippen molar-refractivity contribution in [3.63, 3.8) is 0 Å². The molecule has 2 heterocycles. The second-order valence-electron chi connectivity index (χ2n) is 11.1. The first-order valence-corrected chi connectivity index (χ1v) is 14.4. The molecule has 6 nitrogen and oxygen atoms in total. The van der Waals surface area contributed by atoms with Crippen LogP contribution in [0.15, 0.2) is 0 Å². The number of rotatable bonds is 11. The van der Waals surface area contributed by atoms with E-state index in [1.807, 2.05) is 0 Å². The van der Waals surface area contributed by atoms with E-state index in [1.165, 1.54) is 38.5 Å². The molecule has 0 N–H and O–H groups in total. The Morgan fingerprint density at radius 1 is 0.559 bits per heavy atom. The molecule has 6 heteroatoms. The van der Waals surface area contributed by atoms with Gasteiger partial charge in [0.1, 0.15) is 11.6 Å². The Kier molecular flexibility index (Phi) is 10.9. The largest absolute Gasteiger partial charge is 0.379 e. The van der Waals surface area contributed by atoms with Gasteiger partial charge in [-0.25, -0.2) is 0 Å². The Labute approximate surface area is 207 Å². The van der Waals surface area contributed by atoms with Gasteiger partial charge in [0.2, 0.25) is 0 Å². The number of nitrogens with zero attached hydrogens (tertiary/aromatic N) is 2. The molecule has 0 spiro atoms. The molecule has 2 aliphatic carbocycles. The van der Waals surface area contributed by atoms with Crippen molar-refractivity contribution in [2.75, 3.05) is 52.6 Å². The summed E-state index contributed by atoms with van der Waals surface area (Å²) in [6.45, 7) is 7.17. The second kappa shape index (κ2) is 14.1. The average molecular weight is 477 g/mol. The number of ketones is 2. The van der Waals surface area contributed by atoms with Gasteiger partial charge in [0, 0.05) is 62.9 Å². The van der Waals surface area contributed by atoms with Gasteiger partial charge in [-0.3, -0.25) is 19.4 Å². The molecule has 4 aliphatic rings. The van der Waals surface area contributed by atoms with Crippen LogP contribution >= 0.6 is 0 Å². The predicted molar refractivity (Wildman–Crippen MR) is 134 cm³/mol. The van der Waals surface area contributed by atoms with Crippen molar-refractivity contribution in [2.24, 2.45) is 11.8 Å². The molecule has 2 saturated heterocycles. The summed E-state index contributed by atoms with van der Waals surface area (Å²) in [5.41, 5.74) is 0. The van der Waals surface area contributed by atoms with Gasteiger partial charge in [-0.15, -0.1) is 0 Å². The molecule has 0 aromatic rings. The Morgan fingerprint density at radius 2 is 0.941 bits per heavy atom. The van der Waals surface area contributed by atoms with Crippen LogP contribution in [0.1, 0.15) is 89.9 Å². The molecule has 0 aromatic carbocycles. The summed E-state index contributed by atoms with van der Waals surface area (Å²) in [4.78, 5) is 31.2. The van der Waals surface area contributed by atoms with E-state index < -0.39 is 0 Å². The van der Waals surface area contributed by atoms with Crippen molar-refractivity contribution in [1.29, 1.82) is 0 Å². The van der Waals surface area contributed by atoms with Crippen LogP contribution in [-0.2, 0) is 19.1 Å². The Hall–Kier alpha value is -0.820. The quantitative estimate of drug-likeness (QED) is 0.416. The van der Waals surface area contributed by atoms with E-state index in [0.29, 0.717) is 23.7 Å². The molecule has 2 saturated carbocycles. The zero-order valence-corrected chi connectivity index (χ0v) is 21.4. The maximum absolute atomic E-state index is 13.1. The molecule has 2 aliphatic heterocycles. The highest BCUT2D eigenvalue weighted by Gasteiger charge is 2.36. The number of hydrogen-bond donors (Lipinski definition) is 0. The van der Waals surface area contributed by atoms with Crippen molar-refractivity contribution >= 4 is 11.6 Å². The average Bonchev–Trinajstić information content (AvgIpc) is 2.91. The van der Waals surface area contributed by atoms with Crippen LogP contribution in [0.25, 0.3) is 0 Å². The molecule has 4 rings (SSSR count). The number of Topliss-reactive ketones (excluding diaryl/α,β-unsaturated/α-hetero) is 2. The number of hydrogen-bond acceptors (Lipinski definition) is 6. The van der Waals surface area contributed by atoms with E-state index in [4.69, 9.17) is 9.47 Å². The van der Waals surface area contributed by atoms with Gasteiger partial charge in [-0.1, -0.05) is 38.5 Å². The van der Waals surface area contributed by atoms with Gasteiger partial charge < -0.3 is 9.47 Å². The fourth-order valence-corrected chi connectivity index (χ4v) is 6.99. The van der Waals surface area contributed by atoms with E-state index in [2.05, 4.69) is 9.80 Å². The van der Waals surface area contributed by atoms with Crippen LogP contribution < -0.4 is 0 Å². The van der Waals surface area contributed by atoms with E-state index in [9.17, 15) is 9.59 Å². The highest BCUT2D eigenvalue weighted by atomic mass is 16.5. The molecule has 194 valence electrons. The van der Waals surface area contributed by atoms with Gasteiger partial charge in [-0.05, 0) is 38.5 Å². The van der Waals surface area contributed by atoms with Crippen LogP contribution in [0.5, 0.6) is 0 Å². The second-order valence-corrected chi connectivity index (χ2v) is 11.1. The number of carbonyl (C=O) groups excluding carboxylic acids is 2. The number of unbranched alkanes of at least 4 members (excludes halogenated alkanes) is 3. The molecule has 34 heavy (non-hydrogen) atoms. The monoisotopic (exact) mass is 476 g/mol. The third-order valence-corrected chi connectivity index (χ3v) is 8.91. The van der Waals surface area contributed by atoms with Crippen molar-refractivity contribution in [2.45, 2.75) is 102 Å². The first-order chi connectivity index (χ1) is 16.7. The number of morpholine rings is 2. The lowest BCUT2D eigenvalue weighted by atomic mass is 9.79. The molecule has 0 aromatic heterocycles. The summed E-state index contributed by atoms with van der Waals surface area (Å²) in [7, 11) is 0. The van der Waals surface area contributed by atoms with Crippen LogP contribution in [0.4, 0.5) is 0 Å². The van der Waals surface area contributed by atoms with Crippen molar-refractivity contribution < 1.29 is 19.1 Å². The van der Waals surface area contributed by atoms with Gasteiger partial charge >= 0.3 is 0 Å². The first kappa shape index (κ1) is 26.2. The van der Waals surface area contributed by atoms with Crippen molar-refractivity contribution in [1.82, 2.24) is 9.80 Å². The lowest BCUT2D eigenvalue weighted by Gasteiger charge is -2.41. The molecule has 4 unspecified atom stereocenters. The highest BCUT2D eigenvalue weighted by molar-refractivity contribution is 5.82. The summed E-state index contributed by atoms with van der Waals surface area (Å²) in [6, 6.07) is 0.885. The van der Waals surface area contributed by atoms with Gasteiger partial charge in [0.25, 0.3) is 0 Å². The SMILES string of the molecule is O=C(CCCCCCC(=O)C1CCCCC1N1CCOCC1)C1CCCCC1N1CCOCC1. The minimum Gasteiger partial charge on any atom is -0.379 e. The molecule has 4 fully saturated rings. The standard InChI is InChI=1S/C28H48N2O4/c31-27(23-9-5-7-11-25(23)29-15-19-33-20-16-29)13-3-1-2-4-14-28(32)24-10-6-8-12-26(24)30-17-21-34-22-18-30/h23-26H,1-22H2. The van der Waals surface area contributed by atoms with Gasteiger partial charge in [0.05, 0.1) is 26.4 Å². The lowest BCUT2D eigenvalue weighted by Crippen LogP contribution is -2.50. The molecular weight excluding hydrogens is 428 g/mol. The van der Waals surface area contributed by atoms with Crippen LogP contribution in [-0.4, -0.2) is 86.1 Å². The third-order valence-electron chi connectivity index (χ3n) is 8.91. The minimum absolute atomic E-state index is 0.233. The van der Waals surface area contributed by atoms with E-state index in [0.717, 1.165) is 104 Å². The summed E-state index contributed by atoms with van der Waals surface area (Å²) < 4.78 is 11.0. The van der Waals surface area contributed by atoms with Crippen LogP contribution in [0.3, 0.4) is 0 Å². The van der Waals surface area contributed by atoms with Crippen LogP contribution in [0, 0.1) is 11.8 Å². The summed E-state index contributed by atoms with van der Waals surface area (Å²) in [5.74, 6) is 1.44. The van der Waals surface area contributed by atoms with E-state index in [1.54, 1.807) is 0 Å². The Morgan fingerprint density at radius 3 is 1.35 bits per heavy atom.